The van der Waals surface area contributed by atoms with Gasteiger partial charge in [-0.2, -0.15) is 0 Å². The Labute approximate surface area is 131 Å². The van der Waals surface area contributed by atoms with E-state index in [1.165, 1.54) is 38.3 Å². The van der Waals surface area contributed by atoms with Gasteiger partial charge >= 0.3 is 5.63 Å². The number of quaternary nitrogens is 2. The molecule has 1 aliphatic rings. The zero-order chi connectivity index (χ0) is 15.5. The summed E-state index contributed by atoms with van der Waals surface area (Å²) in [4.78, 5) is 15.1. The highest BCUT2D eigenvalue weighted by Crippen LogP contribution is 2.18. The van der Waals surface area contributed by atoms with E-state index in [2.05, 4.69) is 26.0 Å². The summed E-state index contributed by atoms with van der Waals surface area (Å²) in [7, 11) is 0. The molecule has 4 heteroatoms. The highest BCUT2D eigenvalue weighted by Gasteiger charge is 2.22. The van der Waals surface area contributed by atoms with Crippen molar-refractivity contribution < 1.29 is 14.2 Å². The Morgan fingerprint density at radius 1 is 1.05 bits per heavy atom. The second kappa shape index (κ2) is 6.63. The van der Waals surface area contributed by atoms with E-state index in [1.54, 1.807) is 15.9 Å². The maximum absolute atomic E-state index is 11.9. The second-order valence-corrected chi connectivity index (χ2v) is 6.31. The van der Waals surface area contributed by atoms with Crippen LogP contribution in [0, 0.1) is 0 Å². The molecule has 0 radical (unpaired) electrons. The summed E-state index contributed by atoms with van der Waals surface area (Å²) in [6, 6.07) is 7.94. The molecule has 0 aliphatic carbocycles. The van der Waals surface area contributed by atoms with Crippen LogP contribution in [0.5, 0.6) is 0 Å². The molecule has 3 rings (SSSR count). The number of aryl methyl sites for hydroxylation is 1. The van der Waals surface area contributed by atoms with Crippen LogP contribution in [-0.4, -0.2) is 32.7 Å². The van der Waals surface area contributed by atoms with Crippen LogP contribution in [0.1, 0.15) is 25.0 Å². The summed E-state index contributed by atoms with van der Waals surface area (Å²) >= 11 is 0. The SMILES string of the molecule is CCc1ccc2c(C[NH+]3CC[NH+](CC)CC3)cc(=O)oc2c1. The van der Waals surface area contributed by atoms with Crippen LogP contribution in [0.3, 0.4) is 0 Å². The van der Waals surface area contributed by atoms with Crippen molar-refractivity contribution in [2.75, 3.05) is 32.7 Å². The Morgan fingerprint density at radius 3 is 2.45 bits per heavy atom. The first kappa shape index (κ1) is 15.3. The van der Waals surface area contributed by atoms with Crippen molar-refractivity contribution >= 4 is 11.0 Å². The van der Waals surface area contributed by atoms with Gasteiger partial charge in [0.25, 0.3) is 0 Å². The molecule has 0 unspecified atom stereocenters. The van der Waals surface area contributed by atoms with Crippen molar-refractivity contribution in [1.82, 2.24) is 0 Å². The van der Waals surface area contributed by atoms with Crippen LogP contribution < -0.4 is 15.4 Å². The normalized spacial score (nSPS) is 22.1. The van der Waals surface area contributed by atoms with Gasteiger partial charge in [-0.1, -0.05) is 19.1 Å². The molecule has 0 atom stereocenters. The van der Waals surface area contributed by atoms with Gasteiger partial charge in [-0.25, -0.2) is 4.79 Å². The quantitative estimate of drug-likeness (QED) is 0.759. The van der Waals surface area contributed by atoms with Gasteiger partial charge in [0.15, 0.2) is 0 Å². The summed E-state index contributed by atoms with van der Waals surface area (Å²) in [6.07, 6.45) is 0.955. The molecule has 1 aromatic heterocycles. The molecule has 0 amide bonds. The number of hydrogen-bond acceptors (Lipinski definition) is 2. The lowest BCUT2D eigenvalue weighted by Crippen LogP contribution is -3.27. The Morgan fingerprint density at radius 2 is 1.77 bits per heavy atom. The van der Waals surface area contributed by atoms with Gasteiger partial charge in [0.05, 0.1) is 6.54 Å². The molecular formula is C18H26N2O2+2. The van der Waals surface area contributed by atoms with E-state index in [9.17, 15) is 4.79 Å². The summed E-state index contributed by atoms with van der Waals surface area (Å²) in [5.41, 5.74) is 2.84. The van der Waals surface area contributed by atoms with Crippen LogP contribution in [0.4, 0.5) is 0 Å². The van der Waals surface area contributed by atoms with Crippen LogP contribution in [0.15, 0.2) is 33.5 Å². The first-order chi connectivity index (χ1) is 10.7. The molecule has 1 aromatic carbocycles. The van der Waals surface area contributed by atoms with Gasteiger partial charge in [-0.05, 0) is 25.0 Å². The van der Waals surface area contributed by atoms with Crippen LogP contribution in [-0.2, 0) is 13.0 Å². The van der Waals surface area contributed by atoms with E-state index < -0.39 is 0 Å². The highest BCUT2D eigenvalue weighted by atomic mass is 16.4. The van der Waals surface area contributed by atoms with E-state index in [-0.39, 0.29) is 5.63 Å². The predicted molar refractivity (Wildman–Crippen MR) is 87.5 cm³/mol. The summed E-state index contributed by atoms with van der Waals surface area (Å²) < 4.78 is 5.40. The summed E-state index contributed by atoms with van der Waals surface area (Å²) in [5.74, 6) is 0. The third-order valence-electron chi connectivity index (χ3n) is 4.91. The topological polar surface area (TPSA) is 39.1 Å². The number of rotatable bonds is 4. The third kappa shape index (κ3) is 3.23. The lowest BCUT2D eigenvalue weighted by Gasteiger charge is -2.29. The minimum atomic E-state index is -0.229. The predicted octanol–water partition coefficient (Wildman–Crippen LogP) is -0.341. The summed E-state index contributed by atoms with van der Waals surface area (Å²) in [5, 5.41) is 1.09. The lowest BCUT2D eigenvalue weighted by atomic mass is 10.1. The smallest absolute Gasteiger partial charge is 0.336 e. The van der Waals surface area contributed by atoms with E-state index in [4.69, 9.17) is 4.42 Å². The van der Waals surface area contributed by atoms with Crippen molar-refractivity contribution in [2.45, 2.75) is 26.8 Å². The first-order valence-corrected chi connectivity index (χ1v) is 8.42. The van der Waals surface area contributed by atoms with Gasteiger partial charge in [-0.15, -0.1) is 0 Å². The Bertz CT molecular complexity index is 700. The Balaban J connectivity index is 1.86. The van der Waals surface area contributed by atoms with E-state index >= 15 is 0 Å². The summed E-state index contributed by atoms with van der Waals surface area (Å²) in [6.45, 7) is 11.3. The van der Waals surface area contributed by atoms with Crippen molar-refractivity contribution in [3.05, 3.63) is 45.8 Å². The molecule has 1 aliphatic heterocycles. The number of hydrogen-bond donors (Lipinski definition) is 2. The van der Waals surface area contributed by atoms with E-state index in [0.29, 0.717) is 0 Å². The molecule has 2 aromatic rings. The highest BCUT2D eigenvalue weighted by molar-refractivity contribution is 5.80. The third-order valence-corrected chi connectivity index (χ3v) is 4.91. The maximum atomic E-state index is 11.9. The lowest BCUT2D eigenvalue weighted by molar-refractivity contribution is -1.02. The number of benzene rings is 1. The van der Waals surface area contributed by atoms with E-state index in [1.807, 2.05) is 6.07 Å². The molecule has 22 heavy (non-hydrogen) atoms. The maximum Gasteiger partial charge on any atom is 0.336 e. The molecule has 2 N–H and O–H groups in total. The fourth-order valence-corrected chi connectivity index (χ4v) is 3.40. The van der Waals surface area contributed by atoms with Crippen LogP contribution in [0.2, 0.25) is 0 Å². The van der Waals surface area contributed by atoms with E-state index in [0.717, 1.165) is 29.5 Å². The van der Waals surface area contributed by atoms with Crippen molar-refractivity contribution in [3.8, 4) is 0 Å². The first-order valence-electron chi connectivity index (χ1n) is 8.42. The van der Waals surface area contributed by atoms with Gasteiger partial charge in [0, 0.05) is 17.0 Å². The number of fused-ring (bicyclic) bond motifs is 1. The Kier molecular flexibility index (Phi) is 4.60. The molecule has 0 saturated carbocycles. The number of piperazine rings is 1. The van der Waals surface area contributed by atoms with Crippen molar-refractivity contribution in [2.24, 2.45) is 0 Å². The minimum Gasteiger partial charge on any atom is -0.423 e. The van der Waals surface area contributed by atoms with Gasteiger partial charge in [0.2, 0.25) is 0 Å². The Hall–Kier alpha value is -1.65. The zero-order valence-corrected chi connectivity index (χ0v) is 13.6. The average molecular weight is 302 g/mol. The molecule has 4 nitrogen and oxygen atoms in total. The van der Waals surface area contributed by atoms with Gasteiger partial charge < -0.3 is 14.2 Å². The molecule has 1 saturated heterocycles. The number of nitrogens with one attached hydrogen (secondary N) is 2. The fraction of sp³-hybridized carbons (Fsp3) is 0.500. The monoisotopic (exact) mass is 302 g/mol. The molecule has 118 valence electrons. The molecule has 0 spiro atoms. The second-order valence-electron chi connectivity index (χ2n) is 6.31. The van der Waals surface area contributed by atoms with Gasteiger partial charge in [0.1, 0.15) is 38.3 Å². The largest absolute Gasteiger partial charge is 0.423 e. The zero-order valence-electron chi connectivity index (χ0n) is 13.6. The van der Waals surface area contributed by atoms with Crippen LogP contribution >= 0.6 is 0 Å². The minimum absolute atomic E-state index is 0.229. The molecule has 1 fully saturated rings. The van der Waals surface area contributed by atoms with Crippen molar-refractivity contribution in [1.29, 1.82) is 0 Å². The average Bonchev–Trinajstić information content (AvgIpc) is 2.54. The van der Waals surface area contributed by atoms with Gasteiger partial charge in [-0.3, -0.25) is 0 Å². The molecular weight excluding hydrogens is 276 g/mol. The standard InChI is InChI=1S/C18H24N2O2/c1-3-14-5-6-16-15(12-18(21)22-17(16)11-14)13-20-9-7-19(4-2)8-10-20/h5-6,11-12H,3-4,7-10,13H2,1-2H3/p+2. The molecule has 0 bridgehead atoms. The number of likely N-dealkylation sites (N-methyl/N-ethyl adjacent to an activating group) is 1. The molecule has 2 heterocycles. The van der Waals surface area contributed by atoms with Crippen molar-refractivity contribution in [3.63, 3.8) is 0 Å². The fourth-order valence-electron chi connectivity index (χ4n) is 3.40. The van der Waals surface area contributed by atoms with Crippen LogP contribution in [0.25, 0.3) is 11.0 Å².